The van der Waals surface area contributed by atoms with E-state index in [0.29, 0.717) is 37.6 Å². The van der Waals surface area contributed by atoms with Crippen molar-refractivity contribution in [2.45, 2.75) is 12.6 Å². The lowest BCUT2D eigenvalue weighted by Gasteiger charge is -2.20. The Hall–Kier alpha value is -3.08. The highest BCUT2D eigenvalue weighted by molar-refractivity contribution is 5.34. The van der Waals surface area contributed by atoms with E-state index in [-0.39, 0.29) is 64.2 Å². The molecule has 1 heterocycles. The Balaban J connectivity index is 1.48. The van der Waals surface area contributed by atoms with E-state index in [0.717, 1.165) is 0 Å². The first-order valence-electron chi connectivity index (χ1n) is 12.8. The van der Waals surface area contributed by atoms with Crippen LogP contribution >= 0.6 is 0 Å². The zero-order chi connectivity index (χ0) is 28.4. The maximum atomic E-state index is 10.9. The van der Waals surface area contributed by atoms with Crippen LogP contribution in [-0.4, -0.2) is 89.1 Å². The first-order chi connectivity index (χ1) is 19.5. The van der Waals surface area contributed by atoms with Gasteiger partial charge in [-0.1, -0.05) is 0 Å². The summed E-state index contributed by atoms with van der Waals surface area (Å²) in [6.07, 6.45) is -1.48. The Morgan fingerprint density at radius 2 is 0.700 bits per heavy atom. The molecule has 0 unspecified atom stereocenters. The van der Waals surface area contributed by atoms with Gasteiger partial charge in [-0.25, -0.2) is 0 Å². The van der Waals surface area contributed by atoms with Crippen molar-refractivity contribution >= 4 is 11.4 Å². The molecule has 40 heavy (non-hydrogen) atoms. The molecule has 0 bridgehead atoms. The third kappa shape index (κ3) is 11.6. The second-order valence-electron chi connectivity index (χ2n) is 8.29. The maximum absolute atomic E-state index is 10.9. The van der Waals surface area contributed by atoms with Crippen molar-refractivity contribution in [2.75, 3.05) is 79.3 Å². The summed E-state index contributed by atoms with van der Waals surface area (Å²) in [6, 6.07) is 11.9. The summed E-state index contributed by atoms with van der Waals surface area (Å²) in [6.45, 7) is 3.41. The van der Waals surface area contributed by atoms with Gasteiger partial charge in [0, 0.05) is 35.4 Å². The number of nitro benzene ring substituents is 2. The molecule has 0 aliphatic carbocycles. The molecule has 0 atom stereocenters. The van der Waals surface area contributed by atoms with Crippen LogP contribution in [0.25, 0.3) is 0 Å². The number of hydrogen-bond acceptors (Lipinski definition) is 12. The van der Waals surface area contributed by atoms with Gasteiger partial charge in [0.25, 0.3) is 11.4 Å². The lowest BCUT2D eigenvalue weighted by atomic mass is 10.2. The standard InChI is InChI=1S/C26H34N2O12/c29-27(30)23-5-1-21(2-6-23)25-37-17-13-33-9-11-35-15-19-39-26(22-3-7-24(8-4-22)28(31)32)40-20-16-36-12-10-34-14-18-38-25/h1-8,25-26H,9-20H2. The van der Waals surface area contributed by atoms with E-state index < -0.39 is 22.4 Å². The van der Waals surface area contributed by atoms with E-state index in [9.17, 15) is 20.2 Å². The molecular formula is C26H34N2O12. The Labute approximate surface area is 231 Å². The van der Waals surface area contributed by atoms with Crippen molar-refractivity contribution < 1.29 is 47.7 Å². The number of nitrogens with zero attached hydrogens (tertiary/aromatic N) is 2. The molecule has 2 aromatic rings. The SMILES string of the molecule is O=[N+]([O-])c1ccc(C2OCCOCCOCCOC(c3ccc([N+](=O)[O-])cc3)OCCOCCOCCO2)cc1. The van der Waals surface area contributed by atoms with Crippen LogP contribution in [0.15, 0.2) is 48.5 Å². The van der Waals surface area contributed by atoms with Gasteiger partial charge in [-0.2, -0.15) is 0 Å². The quantitative estimate of drug-likeness (QED) is 0.393. The van der Waals surface area contributed by atoms with Crippen molar-refractivity contribution in [1.82, 2.24) is 0 Å². The second kappa shape index (κ2) is 18.3. The van der Waals surface area contributed by atoms with E-state index >= 15 is 0 Å². The number of benzene rings is 2. The Morgan fingerprint density at radius 3 is 0.950 bits per heavy atom. The number of nitro groups is 2. The second-order valence-corrected chi connectivity index (χ2v) is 8.29. The van der Waals surface area contributed by atoms with E-state index in [2.05, 4.69) is 0 Å². The van der Waals surface area contributed by atoms with Crippen LogP contribution in [0.4, 0.5) is 11.4 Å². The van der Waals surface area contributed by atoms with Gasteiger partial charge in [0.05, 0.1) is 89.1 Å². The van der Waals surface area contributed by atoms with Gasteiger partial charge in [-0.15, -0.1) is 0 Å². The van der Waals surface area contributed by atoms with Crippen molar-refractivity contribution in [1.29, 1.82) is 0 Å². The van der Waals surface area contributed by atoms with Gasteiger partial charge >= 0.3 is 0 Å². The Morgan fingerprint density at radius 1 is 0.450 bits per heavy atom. The van der Waals surface area contributed by atoms with Crippen molar-refractivity contribution in [3.8, 4) is 0 Å². The normalized spacial score (nSPS) is 21.9. The minimum atomic E-state index is -0.739. The number of ether oxygens (including phenoxy) is 8. The van der Waals surface area contributed by atoms with Crippen LogP contribution in [0.5, 0.6) is 0 Å². The van der Waals surface area contributed by atoms with Crippen LogP contribution < -0.4 is 0 Å². The largest absolute Gasteiger partial charge is 0.377 e. The Bertz CT molecular complexity index is 900. The Kier molecular flexibility index (Phi) is 14.4. The molecule has 0 saturated carbocycles. The predicted octanol–water partition coefficient (Wildman–Crippen LogP) is 3.35. The van der Waals surface area contributed by atoms with Crippen LogP contribution in [0.1, 0.15) is 23.7 Å². The molecule has 14 nitrogen and oxygen atoms in total. The first-order valence-corrected chi connectivity index (χ1v) is 12.8. The first kappa shape index (κ1) is 31.4. The van der Waals surface area contributed by atoms with E-state index in [1.807, 2.05) is 0 Å². The van der Waals surface area contributed by atoms with E-state index in [1.165, 1.54) is 24.3 Å². The van der Waals surface area contributed by atoms with Crippen LogP contribution in [0.2, 0.25) is 0 Å². The lowest BCUT2D eigenvalue weighted by Crippen LogP contribution is -2.19. The molecule has 1 aliphatic heterocycles. The van der Waals surface area contributed by atoms with E-state index in [1.54, 1.807) is 24.3 Å². The van der Waals surface area contributed by atoms with Gasteiger partial charge in [-0.05, 0) is 24.3 Å². The summed E-state index contributed by atoms with van der Waals surface area (Å²) in [7, 11) is 0. The molecule has 0 spiro atoms. The van der Waals surface area contributed by atoms with Crippen molar-refractivity contribution in [3.63, 3.8) is 0 Å². The third-order valence-electron chi connectivity index (χ3n) is 5.48. The van der Waals surface area contributed by atoms with Crippen molar-refractivity contribution in [3.05, 3.63) is 79.9 Å². The van der Waals surface area contributed by atoms with Crippen LogP contribution in [-0.2, 0) is 37.9 Å². The molecule has 0 amide bonds. The molecule has 220 valence electrons. The van der Waals surface area contributed by atoms with E-state index in [4.69, 9.17) is 37.9 Å². The summed E-state index contributed by atoms with van der Waals surface area (Å²) >= 11 is 0. The molecule has 1 aliphatic rings. The van der Waals surface area contributed by atoms with Gasteiger partial charge in [-0.3, -0.25) is 20.2 Å². The highest BCUT2D eigenvalue weighted by Crippen LogP contribution is 2.23. The zero-order valence-corrected chi connectivity index (χ0v) is 22.1. The highest BCUT2D eigenvalue weighted by Gasteiger charge is 2.16. The molecule has 0 radical (unpaired) electrons. The number of rotatable bonds is 4. The van der Waals surface area contributed by atoms with Gasteiger partial charge in [0.2, 0.25) is 0 Å². The third-order valence-corrected chi connectivity index (χ3v) is 5.48. The van der Waals surface area contributed by atoms with Crippen molar-refractivity contribution in [2.24, 2.45) is 0 Å². The zero-order valence-electron chi connectivity index (χ0n) is 22.1. The molecule has 3 rings (SSSR count). The molecule has 2 aromatic carbocycles. The maximum Gasteiger partial charge on any atom is 0.269 e. The summed E-state index contributed by atoms with van der Waals surface area (Å²) < 4.78 is 45.4. The smallest absolute Gasteiger partial charge is 0.269 e. The van der Waals surface area contributed by atoms with Gasteiger partial charge in [0.15, 0.2) is 12.6 Å². The van der Waals surface area contributed by atoms with Gasteiger partial charge in [0.1, 0.15) is 0 Å². The average Bonchev–Trinajstić information content (AvgIpc) is 2.96. The molecule has 1 saturated heterocycles. The topological polar surface area (TPSA) is 160 Å². The predicted molar refractivity (Wildman–Crippen MR) is 139 cm³/mol. The minimum absolute atomic E-state index is 0.0218. The van der Waals surface area contributed by atoms with Crippen LogP contribution in [0.3, 0.4) is 0 Å². The number of hydrogen-bond donors (Lipinski definition) is 0. The fourth-order valence-electron chi connectivity index (χ4n) is 3.49. The molecule has 0 aromatic heterocycles. The summed E-state index contributed by atoms with van der Waals surface area (Å²) in [4.78, 5) is 20.9. The molecule has 14 heteroatoms. The molecule has 1 fully saturated rings. The minimum Gasteiger partial charge on any atom is -0.377 e. The summed E-state index contributed by atoms with van der Waals surface area (Å²) in [5, 5.41) is 21.9. The molecule has 0 N–H and O–H groups in total. The van der Waals surface area contributed by atoms with Crippen LogP contribution in [0, 0.1) is 20.2 Å². The number of non-ortho nitro benzene ring substituents is 2. The highest BCUT2D eigenvalue weighted by atomic mass is 16.7. The average molecular weight is 567 g/mol. The summed E-state index contributed by atoms with van der Waals surface area (Å²) in [5.74, 6) is 0. The fraction of sp³-hybridized carbons (Fsp3) is 0.538. The van der Waals surface area contributed by atoms with Gasteiger partial charge < -0.3 is 37.9 Å². The fourth-order valence-corrected chi connectivity index (χ4v) is 3.49. The summed E-state index contributed by atoms with van der Waals surface area (Å²) in [5.41, 5.74) is 1.23. The monoisotopic (exact) mass is 566 g/mol. The lowest BCUT2D eigenvalue weighted by molar-refractivity contribution is -0.385. The molecular weight excluding hydrogens is 532 g/mol.